The summed E-state index contributed by atoms with van der Waals surface area (Å²) in [6.07, 6.45) is 8.17. The van der Waals surface area contributed by atoms with Crippen molar-refractivity contribution >= 4 is 36.7 Å². The SMILES string of the molecule is BrP(CCC1(C2CCCCC2)OCCO1)(c1ccccc1)(c1ccccc1)c1ccccc1. The van der Waals surface area contributed by atoms with Crippen molar-refractivity contribution in [2.75, 3.05) is 19.4 Å². The van der Waals surface area contributed by atoms with Crippen LogP contribution in [0.4, 0.5) is 0 Å². The topological polar surface area (TPSA) is 18.5 Å². The molecule has 0 atom stereocenters. The molecule has 0 N–H and O–H groups in total. The molecule has 0 spiro atoms. The fourth-order valence-corrected chi connectivity index (χ4v) is 13.5. The summed E-state index contributed by atoms with van der Waals surface area (Å²) in [7, 11) is 0. The second-order valence-corrected chi connectivity index (χ2v) is 18.6. The molecule has 0 amide bonds. The van der Waals surface area contributed by atoms with Crippen molar-refractivity contribution in [3.8, 4) is 0 Å². The quantitative estimate of drug-likeness (QED) is 0.326. The van der Waals surface area contributed by atoms with Gasteiger partial charge in [-0.3, -0.25) is 0 Å². The third-order valence-corrected chi connectivity index (χ3v) is 17.7. The molecule has 5 rings (SSSR count). The van der Waals surface area contributed by atoms with Gasteiger partial charge >= 0.3 is 207 Å². The van der Waals surface area contributed by atoms with E-state index in [9.17, 15) is 0 Å². The molecule has 0 radical (unpaired) electrons. The third kappa shape index (κ3) is 4.12. The Hall–Kier alpha value is -1.51. The second-order valence-electron chi connectivity index (χ2n) is 9.51. The molecular formula is C29H34BrO2P. The van der Waals surface area contributed by atoms with E-state index in [-0.39, 0.29) is 0 Å². The molecule has 2 nitrogen and oxygen atoms in total. The van der Waals surface area contributed by atoms with E-state index in [0.29, 0.717) is 19.1 Å². The van der Waals surface area contributed by atoms with Crippen LogP contribution >= 0.6 is 20.8 Å². The van der Waals surface area contributed by atoms with Crippen LogP contribution in [-0.4, -0.2) is 25.2 Å². The number of hydrogen-bond acceptors (Lipinski definition) is 2. The minimum atomic E-state index is -2.97. The Morgan fingerprint density at radius 2 is 1.09 bits per heavy atom. The van der Waals surface area contributed by atoms with Crippen LogP contribution in [0.2, 0.25) is 0 Å². The van der Waals surface area contributed by atoms with Gasteiger partial charge in [0.25, 0.3) is 0 Å². The molecule has 174 valence electrons. The zero-order chi connectivity index (χ0) is 22.6. The van der Waals surface area contributed by atoms with E-state index >= 15 is 0 Å². The van der Waals surface area contributed by atoms with Crippen molar-refractivity contribution in [2.45, 2.75) is 44.3 Å². The Balaban J connectivity index is 1.66. The van der Waals surface area contributed by atoms with Crippen molar-refractivity contribution < 1.29 is 9.47 Å². The number of ether oxygens (including phenoxy) is 2. The first-order valence-electron chi connectivity index (χ1n) is 12.3. The zero-order valence-electron chi connectivity index (χ0n) is 19.2. The Bertz CT molecular complexity index is 930. The van der Waals surface area contributed by atoms with E-state index in [0.717, 1.165) is 12.6 Å². The summed E-state index contributed by atoms with van der Waals surface area (Å²) < 4.78 is 13.0. The molecule has 3 aromatic carbocycles. The molecule has 1 aliphatic carbocycles. The van der Waals surface area contributed by atoms with Crippen molar-refractivity contribution in [3.05, 3.63) is 91.0 Å². The van der Waals surface area contributed by atoms with Gasteiger partial charge in [0, 0.05) is 0 Å². The second kappa shape index (κ2) is 9.62. The van der Waals surface area contributed by atoms with Crippen molar-refractivity contribution in [3.63, 3.8) is 0 Å². The summed E-state index contributed by atoms with van der Waals surface area (Å²) in [6, 6.07) is 33.2. The van der Waals surface area contributed by atoms with Crippen molar-refractivity contribution in [2.24, 2.45) is 5.92 Å². The van der Waals surface area contributed by atoms with Crippen LogP contribution in [0.25, 0.3) is 0 Å². The van der Waals surface area contributed by atoms with Gasteiger partial charge in [-0.25, -0.2) is 0 Å². The molecule has 1 saturated heterocycles. The molecule has 2 fully saturated rings. The van der Waals surface area contributed by atoms with E-state index in [1.54, 1.807) is 0 Å². The van der Waals surface area contributed by atoms with Crippen molar-refractivity contribution in [1.82, 2.24) is 0 Å². The molecule has 4 heteroatoms. The first-order valence-corrected chi connectivity index (χ1v) is 16.8. The van der Waals surface area contributed by atoms with Gasteiger partial charge in [0.05, 0.1) is 0 Å². The van der Waals surface area contributed by atoms with Crippen LogP contribution in [0.15, 0.2) is 91.0 Å². The molecular weight excluding hydrogens is 491 g/mol. The maximum atomic E-state index is 6.51. The number of hydrogen-bond donors (Lipinski definition) is 0. The first kappa shape index (κ1) is 23.2. The molecule has 0 bridgehead atoms. The fourth-order valence-electron chi connectivity index (χ4n) is 6.01. The molecule has 1 aliphatic heterocycles. The molecule has 3 aromatic rings. The summed E-state index contributed by atoms with van der Waals surface area (Å²) in [5, 5.41) is 1.11. The number of halogens is 1. The van der Waals surface area contributed by atoms with Crippen LogP contribution in [0.1, 0.15) is 38.5 Å². The predicted molar refractivity (Wildman–Crippen MR) is 145 cm³/mol. The Morgan fingerprint density at radius 3 is 1.52 bits per heavy atom. The summed E-state index contributed by atoms with van der Waals surface area (Å²) in [4.78, 5) is 0. The van der Waals surface area contributed by atoms with Crippen LogP contribution in [0, 0.1) is 5.92 Å². The van der Waals surface area contributed by atoms with Gasteiger partial charge in [-0.05, 0) is 0 Å². The normalized spacial score (nSPS) is 20.2. The summed E-state index contributed by atoms with van der Waals surface area (Å²) in [6.45, 7) is 1.41. The van der Waals surface area contributed by atoms with Crippen LogP contribution in [-0.2, 0) is 9.47 Å². The van der Waals surface area contributed by atoms with E-state index < -0.39 is 11.1 Å². The zero-order valence-corrected chi connectivity index (χ0v) is 21.7. The van der Waals surface area contributed by atoms with Gasteiger partial charge in [-0.15, -0.1) is 0 Å². The number of benzene rings is 3. The minimum absolute atomic E-state index is 0.463. The monoisotopic (exact) mass is 524 g/mol. The van der Waals surface area contributed by atoms with Gasteiger partial charge < -0.3 is 0 Å². The van der Waals surface area contributed by atoms with Gasteiger partial charge in [0.1, 0.15) is 0 Å². The number of rotatable bonds is 7. The Morgan fingerprint density at radius 1 is 0.667 bits per heavy atom. The van der Waals surface area contributed by atoms with Gasteiger partial charge in [-0.1, -0.05) is 0 Å². The Labute approximate surface area is 206 Å². The fraction of sp³-hybridized carbons (Fsp3) is 0.379. The first-order chi connectivity index (χ1) is 16.2. The van der Waals surface area contributed by atoms with E-state index in [2.05, 4.69) is 106 Å². The van der Waals surface area contributed by atoms with Gasteiger partial charge in [-0.2, -0.15) is 0 Å². The maximum absolute atomic E-state index is 6.51. The predicted octanol–water partition coefficient (Wildman–Crippen LogP) is 6.54. The molecule has 2 aliphatic rings. The van der Waals surface area contributed by atoms with Gasteiger partial charge in [0.15, 0.2) is 0 Å². The summed E-state index contributed by atoms with van der Waals surface area (Å²) in [5.41, 5.74) is 0. The van der Waals surface area contributed by atoms with E-state index in [1.165, 1.54) is 48.0 Å². The molecule has 0 aromatic heterocycles. The van der Waals surface area contributed by atoms with E-state index in [1.807, 2.05) is 0 Å². The average molecular weight is 525 g/mol. The molecule has 1 saturated carbocycles. The Kier molecular flexibility index (Phi) is 6.78. The van der Waals surface area contributed by atoms with Gasteiger partial charge in [0.2, 0.25) is 0 Å². The third-order valence-electron chi connectivity index (χ3n) is 7.77. The van der Waals surface area contributed by atoms with Crippen LogP contribution in [0.5, 0.6) is 0 Å². The van der Waals surface area contributed by atoms with Crippen LogP contribution < -0.4 is 15.9 Å². The average Bonchev–Trinajstić information content (AvgIpc) is 3.40. The molecule has 1 heterocycles. The molecule has 33 heavy (non-hydrogen) atoms. The summed E-state index contributed by atoms with van der Waals surface area (Å²) in [5.74, 6) is 0.0211. The molecule has 0 unspecified atom stereocenters. The summed E-state index contributed by atoms with van der Waals surface area (Å²) >= 11 is 4.59. The van der Waals surface area contributed by atoms with Crippen LogP contribution in [0.3, 0.4) is 0 Å². The van der Waals surface area contributed by atoms with E-state index in [4.69, 9.17) is 9.47 Å². The van der Waals surface area contributed by atoms with Crippen molar-refractivity contribution in [1.29, 1.82) is 0 Å². The standard InChI is InChI=1S/C29H34BrO2P/c30-33(26-15-7-2-8-16-26,27-17-9-3-10-18-27,28-19-11-4-12-20-28)24-21-29(31-22-23-32-29)25-13-5-1-6-14-25/h2-4,7-12,15-20,25H,1,5-6,13-14,21-24H2.